The highest BCUT2D eigenvalue weighted by Crippen LogP contribution is 2.24. The molecule has 0 unspecified atom stereocenters. The number of benzene rings is 3. The zero-order valence-electron chi connectivity index (χ0n) is 17.4. The molecule has 4 aromatic rings. The van der Waals surface area contributed by atoms with Crippen LogP contribution in [-0.4, -0.2) is 32.7 Å². The van der Waals surface area contributed by atoms with Crippen LogP contribution in [0.25, 0.3) is 11.4 Å². The molecule has 0 saturated heterocycles. The third kappa shape index (κ3) is 4.83. The second-order valence-electron chi connectivity index (χ2n) is 6.96. The molecule has 0 aliphatic carbocycles. The first-order valence-corrected chi connectivity index (χ1v) is 10.2. The number of nitro benzene ring substituents is 1. The third-order valence-electron chi connectivity index (χ3n) is 4.85. The SMILES string of the molecule is COc1ccc(-c2nc(NCc3ccccc3Cl)n(C(=O)c3cccc([N+](=O)[O-])c3)n2)cc1. The minimum absolute atomic E-state index is 0.108. The van der Waals surface area contributed by atoms with Gasteiger partial charge in [-0.2, -0.15) is 9.67 Å². The maximum atomic E-state index is 13.2. The summed E-state index contributed by atoms with van der Waals surface area (Å²) in [4.78, 5) is 28.3. The van der Waals surface area contributed by atoms with Crippen molar-refractivity contribution in [3.8, 4) is 17.1 Å². The number of anilines is 1. The van der Waals surface area contributed by atoms with Crippen LogP contribution in [0.3, 0.4) is 0 Å². The lowest BCUT2D eigenvalue weighted by molar-refractivity contribution is -0.384. The highest BCUT2D eigenvalue weighted by atomic mass is 35.5. The first-order valence-electron chi connectivity index (χ1n) is 9.84. The van der Waals surface area contributed by atoms with Gasteiger partial charge in [0.1, 0.15) is 5.75 Å². The van der Waals surface area contributed by atoms with Gasteiger partial charge in [0.25, 0.3) is 11.6 Å². The Hall–Kier alpha value is -4.24. The summed E-state index contributed by atoms with van der Waals surface area (Å²) < 4.78 is 6.27. The Balaban J connectivity index is 1.72. The molecule has 166 valence electrons. The molecular weight excluding hydrogens is 446 g/mol. The van der Waals surface area contributed by atoms with Gasteiger partial charge in [-0.05, 0) is 42.0 Å². The molecule has 1 N–H and O–H groups in total. The predicted molar refractivity (Wildman–Crippen MR) is 124 cm³/mol. The van der Waals surface area contributed by atoms with Crippen molar-refractivity contribution in [2.45, 2.75) is 6.54 Å². The summed E-state index contributed by atoms with van der Waals surface area (Å²) in [7, 11) is 1.57. The van der Waals surface area contributed by atoms with E-state index >= 15 is 0 Å². The Bertz CT molecular complexity index is 1320. The molecule has 0 fully saturated rings. The summed E-state index contributed by atoms with van der Waals surface area (Å²) in [6.07, 6.45) is 0. The Morgan fingerprint density at radius 1 is 1.12 bits per heavy atom. The summed E-state index contributed by atoms with van der Waals surface area (Å²) in [5.74, 6) is 0.589. The molecule has 0 aliphatic heterocycles. The molecule has 10 heteroatoms. The second-order valence-corrected chi connectivity index (χ2v) is 7.36. The van der Waals surface area contributed by atoms with Gasteiger partial charge in [-0.15, -0.1) is 5.10 Å². The van der Waals surface area contributed by atoms with Gasteiger partial charge >= 0.3 is 0 Å². The lowest BCUT2D eigenvalue weighted by Gasteiger charge is -2.08. The van der Waals surface area contributed by atoms with Crippen LogP contribution >= 0.6 is 11.6 Å². The fourth-order valence-corrected chi connectivity index (χ4v) is 3.32. The van der Waals surface area contributed by atoms with Crippen LogP contribution in [0, 0.1) is 10.1 Å². The van der Waals surface area contributed by atoms with Gasteiger partial charge in [0.15, 0.2) is 5.82 Å². The average Bonchev–Trinajstić information content (AvgIpc) is 3.27. The number of non-ortho nitro benzene ring substituents is 1. The van der Waals surface area contributed by atoms with E-state index in [4.69, 9.17) is 16.3 Å². The monoisotopic (exact) mass is 463 g/mol. The topological polar surface area (TPSA) is 112 Å². The lowest BCUT2D eigenvalue weighted by Crippen LogP contribution is -2.17. The smallest absolute Gasteiger partial charge is 0.281 e. The summed E-state index contributed by atoms with van der Waals surface area (Å²) in [6, 6.07) is 19.8. The summed E-state index contributed by atoms with van der Waals surface area (Å²) >= 11 is 6.24. The van der Waals surface area contributed by atoms with Crippen LogP contribution in [0.15, 0.2) is 72.8 Å². The molecular formula is C23H18ClN5O4. The minimum Gasteiger partial charge on any atom is -0.497 e. The number of rotatable bonds is 7. The van der Waals surface area contributed by atoms with E-state index < -0.39 is 10.8 Å². The Morgan fingerprint density at radius 2 is 1.88 bits per heavy atom. The van der Waals surface area contributed by atoms with Crippen molar-refractivity contribution in [1.82, 2.24) is 14.8 Å². The summed E-state index contributed by atoms with van der Waals surface area (Å²) in [6.45, 7) is 0.294. The van der Waals surface area contributed by atoms with E-state index in [2.05, 4.69) is 15.4 Å². The fourth-order valence-electron chi connectivity index (χ4n) is 3.12. The highest BCUT2D eigenvalue weighted by Gasteiger charge is 2.21. The van der Waals surface area contributed by atoms with Gasteiger partial charge in [-0.25, -0.2) is 0 Å². The van der Waals surface area contributed by atoms with Crippen LogP contribution in [-0.2, 0) is 6.54 Å². The van der Waals surface area contributed by atoms with Crippen LogP contribution < -0.4 is 10.1 Å². The van der Waals surface area contributed by atoms with Gasteiger partial charge < -0.3 is 10.1 Å². The number of nitrogens with zero attached hydrogens (tertiary/aromatic N) is 4. The van der Waals surface area contributed by atoms with E-state index in [1.165, 1.54) is 24.3 Å². The number of halogens is 1. The zero-order valence-corrected chi connectivity index (χ0v) is 18.2. The van der Waals surface area contributed by atoms with E-state index in [1.807, 2.05) is 18.2 Å². The van der Waals surface area contributed by atoms with Crippen LogP contribution in [0.2, 0.25) is 5.02 Å². The van der Waals surface area contributed by atoms with Gasteiger partial charge in [-0.1, -0.05) is 35.9 Å². The maximum absolute atomic E-state index is 13.2. The van der Waals surface area contributed by atoms with Gasteiger partial charge in [0.05, 0.1) is 12.0 Å². The number of carbonyl (C=O) groups excluding carboxylic acids is 1. The first kappa shape index (κ1) is 22.0. The van der Waals surface area contributed by atoms with E-state index in [0.29, 0.717) is 28.7 Å². The van der Waals surface area contributed by atoms with Crippen LogP contribution in [0.1, 0.15) is 15.9 Å². The highest BCUT2D eigenvalue weighted by molar-refractivity contribution is 6.31. The quantitative estimate of drug-likeness (QED) is 0.309. The number of hydrogen-bond donors (Lipinski definition) is 1. The molecule has 4 rings (SSSR count). The molecule has 0 radical (unpaired) electrons. The zero-order chi connectivity index (χ0) is 23.4. The molecule has 0 bridgehead atoms. The predicted octanol–water partition coefficient (Wildman–Crippen LogP) is 4.82. The first-order chi connectivity index (χ1) is 16.0. The molecule has 33 heavy (non-hydrogen) atoms. The number of methoxy groups -OCH3 is 1. The molecule has 9 nitrogen and oxygen atoms in total. The summed E-state index contributed by atoms with van der Waals surface area (Å²) in [5.41, 5.74) is 1.39. The van der Waals surface area contributed by atoms with E-state index in [-0.39, 0.29) is 17.2 Å². The van der Waals surface area contributed by atoms with Gasteiger partial charge in [0, 0.05) is 34.8 Å². The van der Waals surface area contributed by atoms with Crippen LogP contribution in [0.4, 0.5) is 11.6 Å². The van der Waals surface area contributed by atoms with E-state index in [9.17, 15) is 14.9 Å². The number of nitro groups is 1. The maximum Gasteiger partial charge on any atom is 0.281 e. The molecule has 0 spiro atoms. The molecule has 0 atom stereocenters. The molecule has 0 amide bonds. The number of carbonyl (C=O) groups is 1. The van der Waals surface area contributed by atoms with Crippen molar-refractivity contribution < 1.29 is 14.5 Å². The largest absolute Gasteiger partial charge is 0.497 e. The standard InChI is InChI=1S/C23H18ClN5O4/c1-33-19-11-9-15(10-12-19)21-26-23(25-14-17-5-2-3-8-20(17)24)28(27-21)22(30)16-6-4-7-18(13-16)29(31)32/h2-13H,14H2,1H3,(H,25,26,27). The average molecular weight is 464 g/mol. The molecule has 0 saturated carbocycles. The van der Waals surface area contributed by atoms with Crippen LogP contribution in [0.5, 0.6) is 5.75 Å². The minimum atomic E-state index is -0.562. The van der Waals surface area contributed by atoms with Crippen molar-refractivity contribution in [3.63, 3.8) is 0 Å². The number of aromatic nitrogens is 3. The molecule has 3 aromatic carbocycles. The van der Waals surface area contributed by atoms with E-state index in [0.717, 1.165) is 10.2 Å². The van der Waals surface area contributed by atoms with Gasteiger partial charge in [0.2, 0.25) is 5.95 Å². The summed E-state index contributed by atoms with van der Waals surface area (Å²) in [5, 5.41) is 19.2. The van der Waals surface area contributed by atoms with Crippen molar-refractivity contribution in [3.05, 3.63) is 99.1 Å². The Labute approximate surface area is 193 Å². The van der Waals surface area contributed by atoms with Gasteiger partial charge in [-0.3, -0.25) is 14.9 Å². The lowest BCUT2D eigenvalue weighted by atomic mass is 10.2. The molecule has 0 aliphatic rings. The molecule has 1 aromatic heterocycles. The number of ether oxygens (including phenoxy) is 1. The molecule has 1 heterocycles. The Morgan fingerprint density at radius 3 is 2.58 bits per heavy atom. The Kier molecular flexibility index (Phi) is 6.32. The fraction of sp³-hybridized carbons (Fsp3) is 0.0870. The van der Waals surface area contributed by atoms with Crippen molar-refractivity contribution in [2.24, 2.45) is 0 Å². The van der Waals surface area contributed by atoms with E-state index in [1.54, 1.807) is 37.4 Å². The van der Waals surface area contributed by atoms with Crippen molar-refractivity contribution >= 4 is 29.1 Å². The van der Waals surface area contributed by atoms with Crippen molar-refractivity contribution in [2.75, 3.05) is 12.4 Å². The normalized spacial score (nSPS) is 10.6. The number of hydrogen-bond acceptors (Lipinski definition) is 7. The third-order valence-corrected chi connectivity index (χ3v) is 5.22. The van der Waals surface area contributed by atoms with Crippen molar-refractivity contribution in [1.29, 1.82) is 0 Å². The number of nitrogens with one attached hydrogen (secondary N) is 1. The second kappa shape index (κ2) is 9.49.